The number of anilines is 1. The van der Waals surface area contributed by atoms with Gasteiger partial charge in [-0.05, 0) is 57.0 Å². The zero-order valence-electron chi connectivity index (χ0n) is 19.1. The van der Waals surface area contributed by atoms with Crippen LogP contribution in [-0.2, 0) is 4.79 Å². The number of methoxy groups -OCH3 is 1. The molecule has 3 aromatic carbocycles. The molecule has 0 unspecified atom stereocenters. The van der Waals surface area contributed by atoms with Gasteiger partial charge in [0.15, 0.2) is 0 Å². The fourth-order valence-corrected chi connectivity index (χ4v) is 3.92. The highest BCUT2D eigenvalue weighted by Crippen LogP contribution is 2.40. The van der Waals surface area contributed by atoms with Gasteiger partial charge in [0.25, 0.3) is 0 Å². The molecule has 0 radical (unpaired) electrons. The summed E-state index contributed by atoms with van der Waals surface area (Å²) < 4.78 is 11.6. The molecule has 1 aromatic heterocycles. The normalized spacial score (nSPS) is 11.6. The molecule has 0 bridgehead atoms. The second-order valence-corrected chi connectivity index (χ2v) is 8.16. The molecule has 0 spiro atoms. The zero-order valence-corrected chi connectivity index (χ0v) is 19.1. The predicted molar refractivity (Wildman–Crippen MR) is 131 cm³/mol. The van der Waals surface area contributed by atoms with Gasteiger partial charge in [0.05, 0.1) is 13.4 Å². The molecule has 4 heteroatoms. The van der Waals surface area contributed by atoms with Gasteiger partial charge in [0.1, 0.15) is 11.3 Å². The Bertz CT molecular complexity index is 1310. The first-order valence-electron chi connectivity index (χ1n) is 10.6. The lowest BCUT2D eigenvalue weighted by Crippen LogP contribution is -2.08. The molecule has 1 amide bonds. The summed E-state index contributed by atoms with van der Waals surface area (Å²) in [7, 11) is 1.64. The average molecular weight is 426 g/mol. The van der Waals surface area contributed by atoms with Crippen molar-refractivity contribution in [2.24, 2.45) is 0 Å². The second-order valence-electron chi connectivity index (χ2n) is 8.16. The van der Waals surface area contributed by atoms with Crippen molar-refractivity contribution in [3.63, 3.8) is 0 Å². The average Bonchev–Trinajstić information content (AvgIpc) is 3.20. The number of furan rings is 1. The van der Waals surface area contributed by atoms with Crippen molar-refractivity contribution >= 4 is 28.1 Å². The largest absolute Gasteiger partial charge is 0.496 e. The zero-order chi connectivity index (χ0) is 22.8. The Balaban J connectivity index is 1.75. The Morgan fingerprint density at radius 1 is 0.969 bits per heavy atom. The van der Waals surface area contributed by atoms with Gasteiger partial charge in [-0.1, -0.05) is 47.5 Å². The molecule has 0 aliphatic carbocycles. The van der Waals surface area contributed by atoms with Gasteiger partial charge in [0, 0.05) is 33.8 Å². The summed E-state index contributed by atoms with van der Waals surface area (Å²) in [4.78, 5) is 12.7. The summed E-state index contributed by atoms with van der Waals surface area (Å²) in [6, 6.07) is 18.1. The maximum Gasteiger partial charge on any atom is 0.248 e. The minimum atomic E-state index is -0.183. The smallest absolute Gasteiger partial charge is 0.248 e. The molecule has 1 N–H and O–H groups in total. The van der Waals surface area contributed by atoms with Crippen LogP contribution in [0.15, 0.2) is 71.4 Å². The van der Waals surface area contributed by atoms with E-state index in [2.05, 4.69) is 36.5 Å². The topological polar surface area (TPSA) is 51.5 Å². The second kappa shape index (κ2) is 8.75. The van der Waals surface area contributed by atoms with Crippen LogP contribution in [0, 0.1) is 20.8 Å². The third kappa shape index (κ3) is 4.17. The minimum Gasteiger partial charge on any atom is -0.496 e. The van der Waals surface area contributed by atoms with Crippen molar-refractivity contribution in [2.45, 2.75) is 27.7 Å². The molecule has 32 heavy (non-hydrogen) atoms. The maximum atomic E-state index is 12.7. The minimum absolute atomic E-state index is 0.183. The van der Waals surface area contributed by atoms with Crippen LogP contribution in [-0.4, -0.2) is 13.0 Å². The molecule has 4 aromatic rings. The van der Waals surface area contributed by atoms with E-state index in [4.69, 9.17) is 9.15 Å². The number of nitrogens with one attached hydrogen (secondary N) is 1. The number of fused-ring (bicyclic) bond motifs is 1. The van der Waals surface area contributed by atoms with E-state index in [0.29, 0.717) is 5.75 Å². The molecular weight excluding hydrogens is 398 g/mol. The first kappa shape index (κ1) is 21.4. The van der Waals surface area contributed by atoms with Crippen molar-refractivity contribution in [1.29, 1.82) is 0 Å². The molecule has 0 saturated carbocycles. The predicted octanol–water partition coefficient (Wildman–Crippen LogP) is 7.08. The summed E-state index contributed by atoms with van der Waals surface area (Å²) in [6.45, 7) is 7.98. The molecule has 0 fully saturated rings. The van der Waals surface area contributed by atoms with Crippen molar-refractivity contribution in [1.82, 2.24) is 0 Å². The number of allylic oxidation sites excluding steroid dienone is 1. The van der Waals surface area contributed by atoms with E-state index < -0.39 is 0 Å². The van der Waals surface area contributed by atoms with Gasteiger partial charge >= 0.3 is 0 Å². The van der Waals surface area contributed by atoms with E-state index in [9.17, 15) is 4.79 Å². The van der Waals surface area contributed by atoms with Crippen LogP contribution in [0.4, 0.5) is 5.69 Å². The van der Waals surface area contributed by atoms with Crippen LogP contribution in [0.1, 0.15) is 29.2 Å². The molecule has 1 heterocycles. The SMILES string of the molecule is COc1c(/C(C)=C/C(=O)Nc2ccc(C)cc2)cc2c(-c3ccc(C)cc3)coc2c1C. The third-order valence-electron chi connectivity index (χ3n) is 5.70. The first-order chi connectivity index (χ1) is 15.4. The van der Waals surface area contributed by atoms with E-state index in [1.165, 1.54) is 5.56 Å². The Morgan fingerprint density at radius 3 is 2.22 bits per heavy atom. The highest BCUT2D eigenvalue weighted by molar-refractivity contribution is 6.06. The van der Waals surface area contributed by atoms with Gasteiger partial charge < -0.3 is 14.5 Å². The molecule has 0 aliphatic rings. The van der Waals surface area contributed by atoms with E-state index in [1.54, 1.807) is 19.4 Å². The van der Waals surface area contributed by atoms with Crippen LogP contribution in [0.25, 0.3) is 27.7 Å². The lowest BCUT2D eigenvalue weighted by Gasteiger charge is -2.13. The van der Waals surface area contributed by atoms with Gasteiger partial charge in [-0.25, -0.2) is 0 Å². The molecule has 0 atom stereocenters. The van der Waals surface area contributed by atoms with E-state index in [-0.39, 0.29) is 5.91 Å². The summed E-state index contributed by atoms with van der Waals surface area (Å²) in [5, 5.41) is 3.92. The van der Waals surface area contributed by atoms with Gasteiger partial charge in [-0.3, -0.25) is 4.79 Å². The van der Waals surface area contributed by atoms with E-state index in [0.717, 1.165) is 50.0 Å². The standard InChI is InChI=1S/C28H27NO3/c1-17-6-10-21(11-7-17)25-16-32-28-20(4)27(31-5)23(15-24(25)28)19(3)14-26(30)29-22-12-8-18(2)9-13-22/h6-16H,1-5H3,(H,29,30)/b19-14+. The molecule has 0 aliphatic heterocycles. The number of carbonyl (C=O) groups is 1. The third-order valence-corrected chi connectivity index (χ3v) is 5.70. The molecule has 4 nitrogen and oxygen atoms in total. The molecular formula is C28H27NO3. The number of rotatable bonds is 5. The summed E-state index contributed by atoms with van der Waals surface area (Å²) >= 11 is 0. The van der Waals surface area contributed by atoms with Gasteiger partial charge in [0.2, 0.25) is 5.91 Å². The highest BCUT2D eigenvalue weighted by Gasteiger charge is 2.18. The Labute approximate surface area is 188 Å². The summed E-state index contributed by atoms with van der Waals surface area (Å²) in [5.74, 6) is 0.524. The van der Waals surface area contributed by atoms with Crippen LogP contribution >= 0.6 is 0 Å². The van der Waals surface area contributed by atoms with E-state index in [1.807, 2.05) is 51.1 Å². The number of hydrogen-bond donors (Lipinski definition) is 1. The van der Waals surface area contributed by atoms with E-state index >= 15 is 0 Å². The maximum absolute atomic E-state index is 12.7. The Morgan fingerprint density at radius 2 is 1.59 bits per heavy atom. The fourth-order valence-electron chi connectivity index (χ4n) is 3.92. The first-order valence-corrected chi connectivity index (χ1v) is 10.6. The molecule has 4 rings (SSSR count). The van der Waals surface area contributed by atoms with Crippen molar-refractivity contribution in [3.8, 4) is 16.9 Å². The van der Waals surface area contributed by atoms with Crippen LogP contribution < -0.4 is 10.1 Å². The lowest BCUT2D eigenvalue weighted by atomic mass is 9.96. The Kier molecular flexibility index (Phi) is 5.87. The van der Waals surface area contributed by atoms with Crippen molar-refractivity contribution < 1.29 is 13.9 Å². The summed E-state index contributed by atoms with van der Waals surface area (Å²) in [5.41, 5.74) is 8.60. The van der Waals surface area contributed by atoms with Crippen LogP contribution in [0.3, 0.4) is 0 Å². The highest BCUT2D eigenvalue weighted by atomic mass is 16.5. The quantitative estimate of drug-likeness (QED) is 0.348. The lowest BCUT2D eigenvalue weighted by molar-refractivity contribution is -0.111. The fraction of sp³-hybridized carbons (Fsp3) is 0.179. The van der Waals surface area contributed by atoms with Crippen LogP contribution in [0.5, 0.6) is 5.75 Å². The van der Waals surface area contributed by atoms with Gasteiger partial charge in [-0.2, -0.15) is 0 Å². The summed E-state index contributed by atoms with van der Waals surface area (Å²) in [6.07, 6.45) is 3.39. The number of aryl methyl sites for hydroxylation is 3. The van der Waals surface area contributed by atoms with Crippen molar-refractivity contribution in [3.05, 3.63) is 89.2 Å². The number of benzene rings is 3. The number of hydrogen-bond acceptors (Lipinski definition) is 3. The van der Waals surface area contributed by atoms with Crippen LogP contribution in [0.2, 0.25) is 0 Å². The van der Waals surface area contributed by atoms with Crippen molar-refractivity contribution in [2.75, 3.05) is 12.4 Å². The number of amides is 1. The number of carbonyl (C=O) groups excluding carboxylic acids is 1. The number of ether oxygens (including phenoxy) is 1. The molecule has 162 valence electrons. The van der Waals surface area contributed by atoms with Gasteiger partial charge in [-0.15, -0.1) is 0 Å². The molecule has 0 saturated heterocycles. The Hall–Kier alpha value is -3.79. The monoisotopic (exact) mass is 425 g/mol.